The van der Waals surface area contributed by atoms with Crippen LogP contribution in [0.2, 0.25) is 0 Å². The monoisotopic (exact) mass is 241 g/mol. The van der Waals surface area contributed by atoms with Crippen molar-refractivity contribution >= 4 is 35.6 Å². The van der Waals surface area contributed by atoms with Gasteiger partial charge in [-0.1, -0.05) is 0 Å². The van der Waals surface area contributed by atoms with Crippen molar-refractivity contribution in [2.75, 3.05) is 33.9 Å². The first-order valence-electron chi connectivity index (χ1n) is 4.02. The molecule has 0 spiro atoms. The van der Waals surface area contributed by atoms with Gasteiger partial charge >= 0.3 is 5.97 Å². The number of halogens is 1. The topological polar surface area (TPSA) is 38.8 Å². The zero-order valence-electron chi connectivity index (χ0n) is 8.61. The molecule has 0 fully saturated rings. The van der Waals surface area contributed by atoms with Crippen molar-refractivity contribution in [3.8, 4) is 0 Å². The normalized spacial score (nSPS) is 9.14. The number of carbonyl (C=O) groups excluding carboxylic acids is 1. The van der Waals surface area contributed by atoms with E-state index in [2.05, 4.69) is 4.74 Å². The third kappa shape index (κ3) is 9.70. The second-order valence-electron chi connectivity index (χ2n) is 2.70. The van der Waals surface area contributed by atoms with Gasteiger partial charge in [0.2, 0.25) is 0 Å². The summed E-state index contributed by atoms with van der Waals surface area (Å²) in [4.78, 5) is 12.7. The minimum atomic E-state index is -0.386. The van der Waals surface area contributed by atoms with Gasteiger partial charge in [-0.15, -0.1) is 12.4 Å². The predicted molar refractivity (Wildman–Crippen MR) is 61.0 cm³/mol. The number of carbonyl (C=O) groups is 1. The number of thiocarbonyl (C=S) groups is 1. The van der Waals surface area contributed by atoms with Gasteiger partial charge < -0.3 is 14.4 Å². The highest BCUT2D eigenvalue weighted by atomic mass is 35.5. The van der Waals surface area contributed by atoms with Gasteiger partial charge in [0.1, 0.15) is 0 Å². The van der Waals surface area contributed by atoms with Crippen molar-refractivity contribution in [3.05, 3.63) is 0 Å². The van der Waals surface area contributed by atoms with Crippen molar-refractivity contribution < 1.29 is 14.3 Å². The first-order chi connectivity index (χ1) is 6.06. The molecule has 0 atom stereocenters. The molecule has 6 heteroatoms. The predicted octanol–water partition coefficient (Wildman–Crippen LogP) is 0.877. The summed E-state index contributed by atoms with van der Waals surface area (Å²) in [5.41, 5.74) is 0. The Labute approximate surface area is 96.0 Å². The van der Waals surface area contributed by atoms with Crippen LogP contribution in [-0.2, 0) is 14.3 Å². The number of nitrogens with zero attached hydrogens (tertiary/aromatic N) is 1. The highest BCUT2D eigenvalue weighted by Gasteiger charge is 2.05. The molecule has 0 aromatic carbocycles. The molecule has 0 aromatic heterocycles. The number of esters is 1. The highest BCUT2D eigenvalue weighted by molar-refractivity contribution is 7.80. The Kier molecular flexibility index (Phi) is 10.5. The number of ether oxygens (including phenoxy) is 2. The summed E-state index contributed by atoms with van der Waals surface area (Å²) in [5.74, 6) is -0.386. The Morgan fingerprint density at radius 2 is 1.93 bits per heavy atom. The van der Waals surface area contributed by atoms with Gasteiger partial charge in [-0.05, 0) is 33.2 Å². The smallest absolute Gasteiger partial charge is 0.344 e. The zero-order valence-corrected chi connectivity index (χ0v) is 10.2. The van der Waals surface area contributed by atoms with Crippen LogP contribution in [0.4, 0.5) is 0 Å². The molecule has 4 nitrogen and oxygen atoms in total. The number of likely N-dealkylation sites (N-methyl/N-ethyl adjacent to an activating group) is 1. The molecule has 84 valence electrons. The lowest BCUT2D eigenvalue weighted by Gasteiger charge is -2.11. The average Bonchev–Trinajstić information content (AvgIpc) is 2.00. The van der Waals surface area contributed by atoms with E-state index in [1.807, 2.05) is 19.0 Å². The molecule has 0 unspecified atom stereocenters. The van der Waals surface area contributed by atoms with E-state index in [0.29, 0.717) is 18.2 Å². The lowest BCUT2D eigenvalue weighted by molar-refractivity contribution is -0.145. The first-order valence-corrected chi connectivity index (χ1v) is 4.43. The molecule has 0 rings (SSSR count). The molecule has 0 radical (unpaired) electrons. The van der Waals surface area contributed by atoms with Crippen LogP contribution >= 0.6 is 24.6 Å². The first kappa shape index (κ1) is 16.1. The van der Waals surface area contributed by atoms with Gasteiger partial charge in [-0.2, -0.15) is 0 Å². The fraction of sp³-hybridized carbons (Fsp3) is 0.750. The van der Waals surface area contributed by atoms with Crippen molar-refractivity contribution in [2.45, 2.75) is 6.92 Å². The second kappa shape index (κ2) is 9.18. The maximum absolute atomic E-state index is 10.8. The SMILES string of the molecule is CCOC(=O)COC(=S)CN(C)C.Cl. The summed E-state index contributed by atoms with van der Waals surface area (Å²) >= 11 is 4.86. The summed E-state index contributed by atoms with van der Waals surface area (Å²) in [6.07, 6.45) is 0. The van der Waals surface area contributed by atoms with Crippen LogP contribution in [0.1, 0.15) is 6.92 Å². The maximum Gasteiger partial charge on any atom is 0.344 e. The molecule has 0 amide bonds. The van der Waals surface area contributed by atoms with E-state index in [4.69, 9.17) is 17.0 Å². The van der Waals surface area contributed by atoms with Gasteiger partial charge in [0, 0.05) is 0 Å². The Morgan fingerprint density at radius 3 is 2.36 bits per heavy atom. The molecular weight excluding hydrogens is 226 g/mol. The van der Waals surface area contributed by atoms with Crippen LogP contribution in [0.25, 0.3) is 0 Å². The summed E-state index contributed by atoms with van der Waals surface area (Å²) < 4.78 is 9.64. The Bertz CT molecular complexity index is 187. The van der Waals surface area contributed by atoms with Crippen molar-refractivity contribution in [3.63, 3.8) is 0 Å². The van der Waals surface area contributed by atoms with E-state index in [1.54, 1.807) is 6.92 Å². The summed E-state index contributed by atoms with van der Waals surface area (Å²) in [6, 6.07) is 0. The highest BCUT2D eigenvalue weighted by Crippen LogP contribution is 1.87. The Balaban J connectivity index is 0. The fourth-order valence-electron chi connectivity index (χ4n) is 0.646. The maximum atomic E-state index is 10.8. The van der Waals surface area contributed by atoms with Crippen molar-refractivity contribution in [1.29, 1.82) is 0 Å². The van der Waals surface area contributed by atoms with Gasteiger partial charge in [-0.3, -0.25) is 0 Å². The minimum absolute atomic E-state index is 0. The standard InChI is InChI=1S/C8H15NO3S.ClH/c1-4-11-7(10)6-12-8(13)5-9(2)3;/h4-6H2,1-3H3;1H. The molecule has 0 bridgehead atoms. The van der Waals surface area contributed by atoms with Crippen LogP contribution in [0, 0.1) is 0 Å². The van der Waals surface area contributed by atoms with Gasteiger partial charge in [0.25, 0.3) is 0 Å². The number of hydrogen-bond acceptors (Lipinski definition) is 5. The van der Waals surface area contributed by atoms with E-state index in [0.717, 1.165) is 0 Å². The number of rotatable bonds is 5. The molecule has 0 aliphatic carbocycles. The van der Waals surface area contributed by atoms with Crippen LogP contribution in [0.5, 0.6) is 0 Å². The lowest BCUT2D eigenvalue weighted by Crippen LogP contribution is -2.24. The summed E-state index contributed by atoms with van der Waals surface area (Å²) in [5, 5.41) is 0.401. The molecule has 0 heterocycles. The second-order valence-corrected chi connectivity index (χ2v) is 3.16. The zero-order chi connectivity index (χ0) is 10.3. The lowest BCUT2D eigenvalue weighted by atomic mass is 10.6. The third-order valence-corrected chi connectivity index (χ3v) is 1.35. The molecule has 14 heavy (non-hydrogen) atoms. The molecule has 0 saturated heterocycles. The van der Waals surface area contributed by atoms with Crippen LogP contribution in [-0.4, -0.2) is 49.8 Å². The molecular formula is C8H16ClNO3S. The van der Waals surface area contributed by atoms with Crippen LogP contribution < -0.4 is 0 Å². The summed E-state index contributed by atoms with van der Waals surface area (Å²) in [6.45, 7) is 2.55. The van der Waals surface area contributed by atoms with Crippen molar-refractivity contribution in [2.24, 2.45) is 0 Å². The molecule has 0 N–H and O–H groups in total. The molecule has 0 aliphatic heterocycles. The quantitative estimate of drug-likeness (QED) is 0.528. The third-order valence-electron chi connectivity index (χ3n) is 1.10. The van der Waals surface area contributed by atoms with E-state index in [1.165, 1.54) is 0 Å². The average molecular weight is 242 g/mol. The van der Waals surface area contributed by atoms with Gasteiger partial charge in [-0.25, -0.2) is 4.79 Å². The fourth-order valence-corrected chi connectivity index (χ4v) is 0.963. The van der Waals surface area contributed by atoms with Crippen molar-refractivity contribution in [1.82, 2.24) is 4.90 Å². The van der Waals surface area contributed by atoms with E-state index in [-0.39, 0.29) is 25.0 Å². The minimum Gasteiger partial charge on any atom is -0.474 e. The van der Waals surface area contributed by atoms with Gasteiger partial charge in [0.05, 0.1) is 13.2 Å². The number of hydrogen-bond donors (Lipinski definition) is 0. The van der Waals surface area contributed by atoms with Crippen LogP contribution in [0.3, 0.4) is 0 Å². The largest absolute Gasteiger partial charge is 0.474 e. The molecule has 0 aromatic rings. The summed E-state index contributed by atoms with van der Waals surface area (Å²) in [7, 11) is 3.75. The van der Waals surface area contributed by atoms with E-state index in [9.17, 15) is 4.79 Å². The van der Waals surface area contributed by atoms with E-state index < -0.39 is 0 Å². The van der Waals surface area contributed by atoms with Gasteiger partial charge in [0.15, 0.2) is 11.7 Å². The van der Waals surface area contributed by atoms with Crippen LogP contribution in [0.15, 0.2) is 0 Å². The van der Waals surface area contributed by atoms with E-state index >= 15 is 0 Å². The molecule has 0 aliphatic rings. The Morgan fingerprint density at radius 1 is 1.36 bits per heavy atom. The Hall–Kier alpha value is -0.390. The molecule has 0 saturated carbocycles.